The Bertz CT molecular complexity index is 442. The third-order valence-electron chi connectivity index (χ3n) is 3.89. The van der Waals surface area contributed by atoms with Gasteiger partial charge in [-0.05, 0) is 48.9 Å². The molecule has 3 rings (SSSR count). The van der Waals surface area contributed by atoms with Crippen LogP contribution in [0, 0.1) is 5.92 Å². The van der Waals surface area contributed by atoms with Crippen molar-refractivity contribution < 1.29 is 4.74 Å². The Hall–Kier alpha value is -1.35. The van der Waals surface area contributed by atoms with Gasteiger partial charge in [-0.25, -0.2) is 0 Å². The number of pyridine rings is 1. The quantitative estimate of drug-likeness (QED) is 0.846. The highest BCUT2D eigenvalue weighted by molar-refractivity contribution is 5.67. The smallest absolute Gasteiger partial charge is 0.137 e. The van der Waals surface area contributed by atoms with Crippen LogP contribution in [0.4, 0.5) is 0 Å². The predicted octanol–water partition coefficient (Wildman–Crippen LogP) is 2.25. The second-order valence-corrected chi connectivity index (χ2v) is 4.87. The average Bonchev–Trinajstić information content (AvgIpc) is 2.86. The van der Waals surface area contributed by atoms with Crippen LogP contribution in [0.1, 0.15) is 24.8 Å². The summed E-state index contributed by atoms with van der Waals surface area (Å²) in [7, 11) is 1.69. The molecule has 0 radical (unpaired) electrons. The molecule has 1 aliphatic carbocycles. The van der Waals surface area contributed by atoms with Crippen LogP contribution in [0.3, 0.4) is 0 Å². The second-order valence-electron chi connectivity index (χ2n) is 4.87. The lowest BCUT2D eigenvalue weighted by atomic mass is 9.84. The van der Waals surface area contributed by atoms with Crippen molar-refractivity contribution in [3.63, 3.8) is 0 Å². The summed E-state index contributed by atoms with van der Waals surface area (Å²) in [5.41, 5.74) is 2.61. The zero-order valence-electron chi connectivity index (χ0n) is 10.1. The first-order chi connectivity index (χ1) is 8.36. The summed E-state index contributed by atoms with van der Waals surface area (Å²) in [6.45, 7) is 1.16. The molecule has 2 atom stereocenters. The van der Waals surface area contributed by atoms with Crippen LogP contribution >= 0.6 is 0 Å². The van der Waals surface area contributed by atoms with E-state index in [1.165, 1.54) is 24.0 Å². The van der Waals surface area contributed by atoms with Gasteiger partial charge >= 0.3 is 0 Å². The predicted molar refractivity (Wildman–Crippen MR) is 67.9 cm³/mol. The van der Waals surface area contributed by atoms with Gasteiger partial charge in [-0.3, -0.25) is 4.98 Å². The SMILES string of the molecule is COc1cncc(C2=C[C@@H]3NCC[C@@H]3CC2)c1. The summed E-state index contributed by atoms with van der Waals surface area (Å²) < 4.78 is 5.23. The van der Waals surface area contributed by atoms with Gasteiger partial charge in [-0.2, -0.15) is 0 Å². The van der Waals surface area contributed by atoms with Crippen LogP contribution in [0.5, 0.6) is 5.75 Å². The molecule has 0 bridgehead atoms. The molecule has 3 heteroatoms. The number of nitrogens with one attached hydrogen (secondary N) is 1. The Labute approximate surface area is 102 Å². The summed E-state index contributed by atoms with van der Waals surface area (Å²) in [6, 6.07) is 2.65. The highest BCUT2D eigenvalue weighted by atomic mass is 16.5. The normalized spacial score (nSPS) is 27.5. The summed E-state index contributed by atoms with van der Waals surface area (Å²) in [5.74, 6) is 1.68. The van der Waals surface area contributed by atoms with Gasteiger partial charge in [0, 0.05) is 12.2 Å². The first kappa shape index (κ1) is 10.8. The minimum Gasteiger partial charge on any atom is -0.495 e. The highest BCUT2D eigenvalue weighted by Gasteiger charge is 2.28. The number of hydrogen-bond donors (Lipinski definition) is 1. The molecule has 2 aliphatic rings. The topological polar surface area (TPSA) is 34.1 Å². The summed E-state index contributed by atoms with van der Waals surface area (Å²) in [6.07, 6.45) is 9.86. The van der Waals surface area contributed by atoms with Crippen LogP contribution in [0.25, 0.3) is 5.57 Å². The fourth-order valence-electron chi connectivity index (χ4n) is 2.89. The van der Waals surface area contributed by atoms with E-state index in [4.69, 9.17) is 4.74 Å². The van der Waals surface area contributed by atoms with Gasteiger partial charge in [-0.15, -0.1) is 0 Å². The number of fused-ring (bicyclic) bond motifs is 1. The Kier molecular flexibility index (Phi) is 2.85. The highest BCUT2D eigenvalue weighted by Crippen LogP contribution is 2.34. The van der Waals surface area contributed by atoms with Crippen molar-refractivity contribution in [3.8, 4) is 5.75 Å². The standard InChI is InChI=1S/C14H18N2O/c1-17-13-6-12(8-15-9-13)11-3-2-10-4-5-16-14(10)7-11/h6-10,14,16H,2-5H2,1H3/t10-,14-/m0/s1. The molecule has 0 spiro atoms. The molecule has 0 amide bonds. The lowest BCUT2D eigenvalue weighted by molar-refractivity contribution is 0.412. The zero-order chi connectivity index (χ0) is 11.7. The van der Waals surface area contributed by atoms with Crippen LogP contribution < -0.4 is 10.1 Å². The molecule has 0 unspecified atom stereocenters. The van der Waals surface area contributed by atoms with E-state index in [0.717, 1.165) is 24.6 Å². The van der Waals surface area contributed by atoms with Gasteiger partial charge in [0.1, 0.15) is 5.75 Å². The average molecular weight is 230 g/mol. The van der Waals surface area contributed by atoms with E-state index >= 15 is 0 Å². The van der Waals surface area contributed by atoms with Crippen LogP contribution in [0.2, 0.25) is 0 Å². The van der Waals surface area contributed by atoms with Crippen molar-refractivity contribution in [3.05, 3.63) is 30.1 Å². The Morgan fingerprint density at radius 1 is 1.35 bits per heavy atom. The number of ether oxygens (including phenoxy) is 1. The number of aromatic nitrogens is 1. The number of allylic oxidation sites excluding steroid dienone is 1. The third kappa shape index (κ3) is 2.07. The van der Waals surface area contributed by atoms with Crippen LogP contribution in [-0.2, 0) is 0 Å². The fraction of sp³-hybridized carbons (Fsp3) is 0.500. The van der Waals surface area contributed by atoms with Crippen molar-refractivity contribution in [2.45, 2.75) is 25.3 Å². The minimum atomic E-state index is 0.574. The monoisotopic (exact) mass is 230 g/mol. The number of hydrogen-bond acceptors (Lipinski definition) is 3. The molecule has 0 aromatic carbocycles. The minimum absolute atomic E-state index is 0.574. The molecule has 1 saturated heterocycles. The number of methoxy groups -OCH3 is 1. The molecule has 0 saturated carbocycles. The van der Waals surface area contributed by atoms with Crippen molar-refractivity contribution >= 4 is 5.57 Å². The largest absolute Gasteiger partial charge is 0.495 e. The fourth-order valence-corrected chi connectivity index (χ4v) is 2.89. The first-order valence-corrected chi connectivity index (χ1v) is 6.30. The Balaban J connectivity index is 1.88. The van der Waals surface area contributed by atoms with Gasteiger partial charge in [0.15, 0.2) is 0 Å². The molecule has 1 aromatic heterocycles. The van der Waals surface area contributed by atoms with Gasteiger partial charge in [-0.1, -0.05) is 6.08 Å². The van der Waals surface area contributed by atoms with Crippen molar-refractivity contribution in [1.82, 2.24) is 10.3 Å². The first-order valence-electron chi connectivity index (χ1n) is 6.30. The van der Waals surface area contributed by atoms with E-state index in [0.29, 0.717) is 6.04 Å². The molecule has 1 N–H and O–H groups in total. The second kappa shape index (κ2) is 4.49. The molecule has 1 fully saturated rings. The van der Waals surface area contributed by atoms with Crippen molar-refractivity contribution in [2.75, 3.05) is 13.7 Å². The van der Waals surface area contributed by atoms with E-state index in [1.54, 1.807) is 13.3 Å². The molecule has 3 nitrogen and oxygen atoms in total. The van der Waals surface area contributed by atoms with Gasteiger partial charge in [0.25, 0.3) is 0 Å². The summed E-state index contributed by atoms with van der Waals surface area (Å²) in [4.78, 5) is 4.23. The van der Waals surface area contributed by atoms with E-state index in [2.05, 4.69) is 22.4 Å². The maximum Gasteiger partial charge on any atom is 0.137 e. The Morgan fingerprint density at radius 3 is 3.18 bits per heavy atom. The number of rotatable bonds is 2. The van der Waals surface area contributed by atoms with Gasteiger partial charge in [0.2, 0.25) is 0 Å². The molecule has 17 heavy (non-hydrogen) atoms. The third-order valence-corrected chi connectivity index (χ3v) is 3.89. The molecular weight excluding hydrogens is 212 g/mol. The van der Waals surface area contributed by atoms with E-state index < -0.39 is 0 Å². The molecule has 1 aliphatic heterocycles. The summed E-state index contributed by atoms with van der Waals surface area (Å²) in [5, 5.41) is 3.56. The number of nitrogens with zero attached hydrogens (tertiary/aromatic N) is 1. The van der Waals surface area contributed by atoms with Crippen LogP contribution in [-0.4, -0.2) is 24.7 Å². The van der Waals surface area contributed by atoms with Crippen molar-refractivity contribution in [1.29, 1.82) is 0 Å². The molecule has 2 heterocycles. The molecule has 90 valence electrons. The van der Waals surface area contributed by atoms with Crippen LogP contribution in [0.15, 0.2) is 24.5 Å². The maximum absolute atomic E-state index is 5.23. The zero-order valence-corrected chi connectivity index (χ0v) is 10.1. The van der Waals surface area contributed by atoms with Gasteiger partial charge < -0.3 is 10.1 Å². The summed E-state index contributed by atoms with van der Waals surface area (Å²) >= 11 is 0. The maximum atomic E-state index is 5.23. The van der Waals surface area contributed by atoms with E-state index in [9.17, 15) is 0 Å². The van der Waals surface area contributed by atoms with Gasteiger partial charge in [0.05, 0.1) is 13.3 Å². The van der Waals surface area contributed by atoms with E-state index in [-0.39, 0.29) is 0 Å². The molecular formula is C14H18N2O. The van der Waals surface area contributed by atoms with Crippen molar-refractivity contribution in [2.24, 2.45) is 5.92 Å². The van der Waals surface area contributed by atoms with E-state index in [1.807, 2.05) is 6.20 Å². The Morgan fingerprint density at radius 2 is 2.29 bits per heavy atom. The molecule has 1 aromatic rings. The lowest BCUT2D eigenvalue weighted by Gasteiger charge is -2.24. The lowest BCUT2D eigenvalue weighted by Crippen LogP contribution is -2.27.